The van der Waals surface area contributed by atoms with Crippen molar-refractivity contribution in [2.75, 3.05) is 12.3 Å². The lowest BCUT2D eigenvalue weighted by molar-refractivity contribution is 0.340. The maximum absolute atomic E-state index is 5.76. The minimum absolute atomic E-state index is 0.577. The van der Waals surface area contributed by atoms with Crippen LogP contribution in [0.25, 0.3) is 10.4 Å². The average Bonchev–Trinajstić information content (AvgIpc) is 2.65. The van der Waals surface area contributed by atoms with Gasteiger partial charge in [-0.25, -0.2) is 4.98 Å². The van der Waals surface area contributed by atoms with Crippen molar-refractivity contribution >= 4 is 17.2 Å². The van der Waals surface area contributed by atoms with Gasteiger partial charge >= 0.3 is 0 Å². The zero-order valence-electron chi connectivity index (χ0n) is 8.43. The van der Waals surface area contributed by atoms with Crippen LogP contribution in [0.5, 0.6) is 5.75 Å². The van der Waals surface area contributed by atoms with Gasteiger partial charge in [-0.1, -0.05) is 12.1 Å². The second-order valence-corrected chi connectivity index (χ2v) is 3.88. The Labute approximate surface area is 92.5 Å². The Kier molecular flexibility index (Phi) is 2.87. The minimum atomic E-state index is 0.577. The number of nitrogen functional groups attached to an aromatic ring is 1. The molecule has 78 valence electrons. The molecule has 1 aromatic heterocycles. The molecule has 2 rings (SSSR count). The van der Waals surface area contributed by atoms with Crippen molar-refractivity contribution in [2.45, 2.75) is 6.92 Å². The first-order valence-corrected chi connectivity index (χ1v) is 5.61. The summed E-state index contributed by atoms with van der Waals surface area (Å²) in [7, 11) is 0. The van der Waals surface area contributed by atoms with E-state index in [2.05, 4.69) is 4.98 Å². The van der Waals surface area contributed by atoms with Crippen LogP contribution in [0.2, 0.25) is 0 Å². The van der Waals surface area contributed by atoms with Gasteiger partial charge in [-0.3, -0.25) is 0 Å². The van der Waals surface area contributed by atoms with Gasteiger partial charge in [-0.15, -0.1) is 11.3 Å². The highest BCUT2D eigenvalue weighted by Crippen LogP contribution is 2.31. The van der Waals surface area contributed by atoms with E-state index in [9.17, 15) is 0 Å². The van der Waals surface area contributed by atoms with Gasteiger partial charge in [0.2, 0.25) is 0 Å². The quantitative estimate of drug-likeness (QED) is 0.865. The molecule has 0 unspecified atom stereocenters. The molecule has 15 heavy (non-hydrogen) atoms. The molecule has 0 aliphatic carbocycles. The molecule has 1 aromatic carbocycles. The third kappa shape index (κ3) is 2.10. The lowest BCUT2D eigenvalue weighted by Gasteiger charge is -2.04. The Morgan fingerprint density at radius 2 is 2.33 bits per heavy atom. The normalized spacial score (nSPS) is 10.2. The molecule has 0 saturated carbocycles. The molecule has 0 saturated heterocycles. The van der Waals surface area contributed by atoms with Gasteiger partial charge in [0.1, 0.15) is 11.6 Å². The monoisotopic (exact) mass is 220 g/mol. The predicted octanol–water partition coefficient (Wildman–Crippen LogP) is 2.79. The van der Waals surface area contributed by atoms with Crippen molar-refractivity contribution in [3.05, 3.63) is 29.8 Å². The number of rotatable bonds is 3. The topological polar surface area (TPSA) is 48.1 Å². The Morgan fingerprint density at radius 1 is 1.47 bits per heavy atom. The second kappa shape index (κ2) is 4.31. The number of nitrogens with zero attached hydrogens (tertiary/aromatic N) is 1. The first-order chi connectivity index (χ1) is 7.31. The van der Waals surface area contributed by atoms with Crippen molar-refractivity contribution in [1.29, 1.82) is 0 Å². The maximum atomic E-state index is 5.76. The molecule has 1 heterocycles. The Hall–Kier alpha value is -1.55. The van der Waals surface area contributed by atoms with Crippen LogP contribution >= 0.6 is 11.3 Å². The molecule has 0 amide bonds. The minimum Gasteiger partial charge on any atom is -0.494 e. The van der Waals surface area contributed by atoms with E-state index in [1.54, 1.807) is 5.51 Å². The molecule has 0 fully saturated rings. The smallest absolute Gasteiger partial charge is 0.142 e. The molecule has 0 atom stereocenters. The molecule has 0 aliphatic rings. The fourth-order valence-corrected chi connectivity index (χ4v) is 2.07. The van der Waals surface area contributed by atoms with E-state index >= 15 is 0 Å². The van der Waals surface area contributed by atoms with Gasteiger partial charge in [-0.05, 0) is 24.6 Å². The van der Waals surface area contributed by atoms with Crippen LogP contribution in [-0.2, 0) is 0 Å². The number of aromatic nitrogens is 1. The highest BCUT2D eigenvalue weighted by Gasteiger charge is 2.05. The first-order valence-electron chi connectivity index (χ1n) is 4.73. The Balaban J connectivity index is 2.37. The van der Waals surface area contributed by atoms with E-state index in [-0.39, 0.29) is 0 Å². The zero-order valence-corrected chi connectivity index (χ0v) is 9.25. The number of hydrogen-bond donors (Lipinski definition) is 1. The van der Waals surface area contributed by atoms with E-state index in [0.717, 1.165) is 16.2 Å². The van der Waals surface area contributed by atoms with Gasteiger partial charge in [-0.2, -0.15) is 0 Å². The summed E-state index contributed by atoms with van der Waals surface area (Å²) in [4.78, 5) is 5.02. The molecule has 4 heteroatoms. The zero-order chi connectivity index (χ0) is 10.7. The summed E-state index contributed by atoms with van der Waals surface area (Å²) < 4.78 is 5.43. The summed E-state index contributed by atoms with van der Waals surface area (Å²) >= 11 is 1.54. The molecule has 2 aromatic rings. The molecule has 2 N–H and O–H groups in total. The maximum Gasteiger partial charge on any atom is 0.142 e. The van der Waals surface area contributed by atoms with Crippen molar-refractivity contribution < 1.29 is 4.74 Å². The van der Waals surface area contributed by atoms with Gasteiger partial charge < -0.3 is 10.5 Å². The number of thiazole rings is 1. The third-order valence-electron chi connectivity index (χ3n) is 2.00. The predicted molar refractivity (Wildman–Crippen MR) is 63.1 cm³/mol. The number of ether oxygens (including phenoxy) is 1. The summed E-state index contributed by atoms with van der Waals surface area (Å²) in [5, 5.41) is 0. The van der Waals surface area contributed by atoms with Crippen molar-refractivity contribution in [3.8, 4) is 16.2 Å². The van der Waals surface area contributed by atoms with Gasteiger partial charge in [0.05, 0.1) is 17.0 Å². The summed E-state index contributed by atoms with van der Waals surface area (Å²) in [5.74, 6) is 1.44. The van der Waals surface area contributed by atoms with E-state index in [1.165, 1.54) is 11.3 Å². The van der Waals surface area contributed by atoms with E-state index < -0.39 is 0 Å². The van der Waals surface area contributed by atoms with Crippen molar-refractivity contribution in [2.24, 2.45) is 0 Å². The van der Waals surface area contributed by atoms with Crippen LogP contribution < -0.4 is 10.5 Å². The van der Waals surface area contributed by atoms with Crippen LogP contribution in [0.4, 0.5) is 5.82 Å². The largest absolute Gasteiger partial charge is 0.494 e. The third-order valence-corrected chi connectivity index (χ3v) is 2.89. The molecular formula is C11H12N2OS. The standard InChI is InChI=1S/C11H12N2OS/c1-2-14-9-5-3-4-8(6-9)10-11(12)13-7-15-10/h3-7H,2,12H2,1H3. The van der Waals surface area contributed by atoms with Gasteiger partial charge in [0.25, 0.3) is 0 Å². The van der Waals surface area contributed by atoms with Gasteiger partial charge in [0.15, 0.2) is 0 Å². The lowest BCUT2D eigenvalue weighted by Crippen LogP contribution is -1.91. The Bertz CT molecular complexity index is 453. The fraction of sp³-hybridized carbons (Fsp3) is 0.182. The van der Waals surface area contributed by atoms with Crippen molar-refractivity contribution in [3.63, 3.8) is 0 Å². The fourth-order valence-electron chi connectivity index (χ4n) is 1.36. The highest BCUT2D eigenvalue weighted by molar-refractivity contribution is 7.13. The lowest BCUT2D eigenvalue weighted by atomic mass is 10.2. The molecule has 0 spiro atoms. The highest BCUT2D eigenvalue weighted by atomic mass is 32.1. The summed E-state index contributed by atoms with van der Waals surface area (Å²) in [6.45, 7) is 2.63. The summed E-state index contributed by atoms with van der Waals surface area (Å²) in [5.41, 5.74) is 8.56. The number of hydrogen-bond acceptors (Lipinski definition) is 4. The number of benzene rings is 1. The van der Waals surface area contributed by atoms with Crippen LogP contribution in [0, 0.1) is 0 Å². The van der Waals surface area contributed by atoms with Crippen LogP contribution in [0.1, 0.15) is 6.92 Å². The van der Waals surface area contributed by atoms with E-state index in [0.29, 0.717) is 12.4 Å². The molecule has 0 bridgehead atoms. The van der Waals surface area contributed by atoms with Crippen LogP contribution in [0.15, 0.2) is 29.8 Å². The Morgan fingerprint density at radius 3 is 3.00 bits per heavy atom. The number of nitrogens with two attached hydrogens (primary N) is 1. The molecule has 0 aliphatic heterocycles. The average molecular weight is 220 g/mol. The summed E-state index contributed by atoms with van der Waals surface area (Å²) in [6.07, 6.45) is 0. The molecule has 3 nitrogen and oxygen atoms in total. The number of anilines is 1. The molecular weight excluding hydrogens is 208 g/mol. The van der Waals surface area contributed by atoms with Crippen molar-refractivity contribution in [1.82, 2.24) is 4.98 Å². The second-order valence-electron chi connectivity index (χ2n) is 3.03. The van der Waals surface area contributed by atoms with E-state index in [4.69, 9.17) is 10.5 Å². The van der Waals surface area contributed by atoms with Gasteiger partial charge in [0, 0.05) is 0 Å². The first kappa shape index (κ1) is 9.98. The van der Waals surface area contributed by atoms with Crippen LogP contribution in [0.3, 0.4) is 0 Å². The van der Waals surface area contributed by atoms with Crippen LogP contribution in [-0.4, -0.2) is 11.6 Å². The van der Waals surface area contributed by atoms with E-state index in [1.807, 2.05) is 31.2 Å². The summed E-state index contributed by atoms with van der Waals surface area (Å²) in [6, 6.07) is 7.88. The molecule has 0 radical (unpaired) electrons. The SMILES string of the molecule is CCOc1cccc(-c2scnc2N)c1.